The molecular weight excluding hydrogens is 208 g/mol. The van der Waals surface area contributed by atoms with Crippen LogP contribution in [0, 0.1) is 0 Å². The predicted octanol–water partition coefficient (Wildman–Crippen LogP) is -0.00920. The average molecular weight is 230 g/mol. The van der Waals surface area contributed by atoms with Crippen molar-refractivity contribution in [1.29, 1.82) is 0 Å². The molecule has 16 heavy (non-hydrogen) atoms. The first kappa shape index (κ1) is 13.4. The van der Waals surface area contributed by atoms with Crippen molar-refractivity contribution >= 4 is 5.91 Å². The summed E-state index contributed by atoms with van der Waals surface area (Å²) in [5, 5.41) is 0. The number of piperidine rings is 1. The lowest BCUT2D eigenvalue weighted by Crippen LogP contribution is -2.38. The van der Waals surface area contributed by atoms with Crippen molar-refractivity contribution in [3.05, 3.63) is 0 Å². The molecule has 94 valence electrons. The molecule has 0 aromatic carbocycles. The molecule has 0 atom stereocenters. The number of hydrogen-bond acceptors (Lipinski definition) is 4. The smallest absolute Gasteiger partial charge is 0.248 e. The highest BCUT2D eigenvalue weighted by molar-refractivity contribution is 5.77. The Morgan fingerprint density at radius 1 is 1.06 bits per heavy atom. The normalized spacial score (nSPS) is 16.4. The van der Waals surface area contributed by atoms with E-state index in [-0.39, 0.29) is 12.5 Å². The first-order valence-corrected chi connectivity index (χ1v) is 5.98. The Morgan fingerprint density at radius 2 is 1.75 bits per heavy atom. The molecule has 5 heteroatoms. The van der Waals surface area contributed by atoms with Crippen LogP contribution in [0.4, 0.5) is 0 Å². The topological polar surface area (TPSA) is 64.8 Å². The molecule has 1 aliphatic heterocycles. The van der Waals surface area contributed by atoms with E-state index in [1.54, 1.807) is 0 Å². The van der Waals surface area contributed by atoms with Crippen molar-refractivity contribution < 1.29 is 14.3 Å². The summed E-state index contributed by atoms with van der Waals surface area (Å²) in [6.45, 7) is 3.96. The van der Waals surface area contributed by atoms with Crippen LogP contribution in [0.5, 0.6) is 0 Å². The van der Waals surface area contributed by atoms with Crippen molar-refractivity contribution in [3.8, 4) is 0 Å². The number of carbonyl (C=O) groups is 1. The zero-order chi connectivity index (χ0) is 11.6. The Balaban J connectivity index is 1.97. The Bertz CT molecular complexity index is 194. The monoisotopic (exact) mass is 230 g/mol. The number of rotatable bonds is 7. The van der Waals surface area contributed by atoms with Gasteiger partial charge in [-0.2, -0.15) is 0 Å². The number of carbonyl (C=O) groups excluding carboxylic acids is 1. The minimum absolute atomic E-state index is 0.0959. The van der Waals surface area contributed by atoms with Crippen LogP contribution in [0.15, 0.2) is 0 Å². The summed E-state index contributed by atoms with van der Waals surface area (Å²) < 4.78 is 10.4. The fourth-order valence-corrected chi connectivity index (χ4v) is 1.70. The molecule has 1 heterocycles. The lowest BCUT2D eigenvalue weighted by molar-refractivity contribution is -0.137. The molecule has 1 aliphatic rings. The number of likely N-dealkylation sites (tertiary alicyclic amines) is 1. The van der Waals surface area contributed by atoms with Gasteiger partial charge in [-0.3, -0.25) is 4.79 Å². The minimum atomic E-state index is 0.0959. The van der Waals surface area contributed by atoms with Crippen LogP contribution >= 0.6 is 0 Å². The number of amides is 1. The highest BCUT2D eigenvalue weighted by Crippen LogP contribution is 2.08. The molecule has 0 unspecified atom stereocenters. The summed E-state index contributed by atoms with van der Waals surface area (Å²) >= 11 is 0. The molecule has 0 radical (unpaired) electrons. The van der Waals surface area contributed by atoms with Gasteiger partial charge in [-0.15, -0.1) is 0 Å². The van der Waals surface area contributed by atoms with Gasteiger partial charge < -0.3 is 20.1 Å². The summed E-state index contributed by atoms with van der Waals surface area (Å²) in [5.74, 6) is 0.0959. The van der Waals surface area contributed by atoms with Crippen LogP contribution in [0.2, 0.25) is 0 Å². The largest absolute Gasteiger partial charge is 0.378 e. The van der Waals surface area contributed by atoms with Crippen LogP contribution in [-0.2, 0) is 14.3 Å². The standard InChI is InChI=1S/C11H22N2O3/c12-4-7-15-8-9-16-10-11(14)13-5-2-1-3-6-13/h1-10,12H2. The molecule has 0 aromatic heterocycles. The highest BCUT2D eigenvalue weighted by atomic mass is 16.5. The molecule has 2 N–H and O–H groups in total. The van der Waals surface area contributed by atoms with Gasteiger partial charge in [0, 0.05) is 19.6 Å². The zero-order valence-electron chi connectivity index (χ0n) is 9.82. The van der Waals surface area contributed by atoms with Crippen molar-refractivity contribution in [1.82, 2.24) is 4.90 Å². The summed E-state index contributed by atoms with van der Waals surface area (Å²) in [7, 11) is 0. The molecular formula is C11H22N2O3. The highest BCUT2D eigenvalue weighted by Gasteiger charge is 2.15. The molecule has 0 bridgehead atoms. The van der Waals surface area contributed by atoms with Gasteiger partial charge in [0.25, 0.3) is 0 Å². The quantitative estimate of drug-likeness (QED) is 0.625. The van der Waals surface area contributed by atoms with E-state index >= 15 is 0 Å². The van der Waals surface area contributed by atoms with Gasteiger partial charge in [0.2, 0.25) is 5.91 Å². The molecule has 5 nitrogen and oxygen atoms in total. The summed E-state index contributed by atoms with van der Waals surface area (Å²) in [6, 6.07) is 0. The summed E-state index contributed by atoms with van der Waals surface area (Å²) in [6.07, 6.45) is 3.47. The van der Waals surface area contributed by atoms with Gasteiger partial charge in [-0.05, 0) is 19.3 Å². The first-order valence-electron chi connectivity index (χ1n) is 5.98. The van der Waals surface area contributed by atoms with E-state index in [4.69, 9.17) is 15.2 Å². The van der Waals surface area contributed by atoms with Crippen LogP contribution < -0.4 is 5.73 Å². The molecule has 1 saturated heterocycles. The lowest BCUT2D eigenvalue weighted by Gasteiger charge is -2.26. The lowest BCUT2D eigenvalue weighted by atomic mass is 10.1. The maximum absolute atomic E-state index is 11.6. The molecule has 1 fully saturated rings. The fourth-order valence-electron chi connectivity index (χ4n) is 1.70. The van der Waals surface area contributed by atoms with E-state index < -0.39 is 0 Å². The van der Waals surface area contributed by atoms with E-state index in [1.165, 1.54) is 6.42 Å². The maximum atomic E-state index is 11.6. The van der Waals surface area contributed by atoms with Crippen LogP contribution in [0.1, 0.15) is 19.3 Å². The van der Waals surface area contributed by atoms with Crippen molar-refractivity contribution in [2.75, 3.05) is 46.1 Å². The minimum Gasteiger partial charge on any atom is -0.378 e. The van der Waals surface area contributed by atoms with E-state index in [9.17, 15) is 4.79 Å². The van der Waals surface area contributed by atoms with Gasteiger partial charge >= 0.3 is 0 Å². The molecule has 1 amide bonds. The molecule has 0 spiro atoms. The van der Waals surface area contributed by atoms with Gasteiger partial charge in [-0.25, -0.2) is 0 Å². The second-order valence-corrected chi connectivity index (χ2v) is 3.90. The molecule has 0 saturated carbocycles. The van der Waals surface area contributed by atoms with E-state index in [0.29, 0.717) is 26.4 Å². The Hall–Kier alpha value is -0.650. The fraction of sp³-hybridized carbons (Fsp3) is 0.909. The second-order valence-electron chi connectivity index (χ2n) is 3.90. The molecule has 1 rings (SSSR count). The third kappa shape index (κ3) is 5.44. The predicted molar refractivity (Wildman–Crippen MR) is 61.1 cm³/mol. The van der Waals surface area contributed by atoms with Crippen molar-refractivity contribution in [2.24, 2.45) is 5.73 Å². The number of nitrogens with two attached hydrogens (primary N) is 1. The molecule has 0 aliphatic carbocycles. The number of nitrogens with zero attached hydrogens (tertiary/aromatic N) is 1. The van der Waals surface area contributed by atoms with Crippen molar-refractivity contribution in [3.63, 3.8) is 0 Å². The second kappa shape index (κ2) is 8.50. The van der Waals surface area contributed by atoms with E-state index in [2.05, 4.69) is 0 Å². The van der Waals surface area contributed by atoms with Crippen LogP contribution in [0.25, 0.3) is 0 Å². The maximum Gasteiger partial charge on any atom is 0.248 e. The van der Waals surface area contributed by atoms with Gasteiger partial charge in [0.15, 0.2) is 0 Å². The zero-order valence-corrected chi connectivity index (χ0v) is 9.82. The average Bonchev–Trinajstić information content (AvgIpc) is 2.34. The summed E-state index contributed by atoms with van der Waals surface area (Å²) in [5.41, 5.74) is 5.26. The van der Waals surface area contributed by atoms with E-state index in [1.807, 2.05) is 4.90 Å². The SMILES string of the molecule is NCCOCCOCC(=O)N1CCCCC1. The third-order valence-electron chi connectivity index (χ3n) is 2.57. The van der Waals surface area contributed by atoms with Crippen LogP contribution in [0.3, 0.4) is 0 Å². The number of ether oxygens (including phenoxy) is 2. The Labute approximate surface area is 96.9 Å². The first-order chi connectivity index (χ1) is 7.84. The van der Waals surface area contributed by atoms with E-state index in [0.717, 1.165) is 25.9 Å². The Morgan fingerprint density at radius 3 is 2.44 bits per heavy atom. The molecule has 0 aromatic rings. The van der Waals surface area contributed by atoms with Gasteiger partial charge in [-0.1, -0.05) is 0 Å². The number of hydrogen-bond donors (Lipinski definition) is 1. The summed E-state index contributed by atoms with van der Waals surface area (Å²) in [4.78, 5) is 13.5. The van der Waals surface area contributed by atoms with Crippen LogP contribution in [-0.4, -0.2) is 56.9 Å². The Kier molecular flexibility index (Phi) is 7.12. The third-order valence-corrected chi connectivity index (χ3v) is 2.57. The van der Waals surface area contributed by atoms with Crippen molar-refractivity contribution in [2.45, 2.75) is 19.3 Å². The van der Waals surface area contributed by atoms with Gasteiger partial charge in [0.1, 0.15) is 6.61 Å². The van der Waals surface area contributed by atoms with Gasteiger partial charge in [0.05, 0.1) is 19.8 Å².